The molecule has 0 spiro atoms. The molecule has 0 heterocycles. The lowest BCUT2D eigenvalue weighted by Gasteiger charge is -2.28. The van der Waals surface area contributed by atoms with Gasteiger partial charge in [0, 0.05) is 24.0 Å². The SMILES string of the molecule is Cc1cc(N)cc(N(C)C(C)c2ccccc2F)c1. The van der Waals surface area contributed by atoms with Gasteiger partial charge in [-0.2, -0.15) is 0 Å². The Morgan fingerprint density at radius 1 is 1.16 bits per heavy atom. The normalized spacial score (nSPS) is 12.2. The first kappa shape index (κ1) is 13.4. The highest BCUT2D eigenvalue weighted by Gasteiger charge is 2.16. The zero-order chi connectivity index (χ0) is 14.0. The van der Waals surface area contributed by atoms with Crippen LogP contribution in [-0.4, -0.2) is 7.05 Å². The molecule has 0 aliphatic carbocycles. The molecule has 0 saturated heterocycles. The quantitative estimate of drug-likeness (QED) is 0.846. The molecule has 0 saturated carbocycles. The Labute approximate surface area is 113 Å². The zero-order valence-electron chi connectivity index (χ0n) is 11.5. The van der Waals surface area contributed by atoms with Crippen molar-refractivity contribution >= 4 is 11.4 Å². The molecule has 3 heteroatoms. The largest absolute Gasteiger partial charge is 0.399 e. The molecule has 0 bridgehead atoms. The van der Waals surface area contributed by atoms with Gasteiger partial charge in [0.15, 0.2) is 0 Å². The number of rotatable bonds is 3. The molecule has 0 aliphatic rings. The van der Waals surface area contributed by atoms with Crippen molar-refractivity contribution in [1.29, 1.82) is 0 Å². The van der Waals surface area contributed by atoms with Crippen LogP contribution in [0.2, 0.25) is 0 Å². The van der Waals surface area contributed by atoms with Gasteiger partial charge in [0.25, 0.3) is 0 Å². The van der Waals surface area contributed by atoms with Gasteiger partial charge in [-0.25, -0.2) is 4.39 Å². The fraction of sp³-hybridized carbons (Fsp3) is 0.250. The summed E-state index contributed by atoms with van der Waals surface area (Å²) in [4.78, 5) is 2.03. The molecule has 2 N–H and O–H groups in total. The Kier molecular flexibility index (Phi) is 3.74. The molecule has 2 rings (SSSR count). The first-order chi connectivity index (χ1) is 8.99. The summed E-state index contributed by atoms with van der Waals surface area (Å²) in [5.41, 5.74) is 9.37. The first-order valence-electron chi connectivity index (χ1n) is 6.33. The summed E-state index contributed by atoms with van der Waals surface area (Å²) in [5.74, 6) is -0.178. The molecule has 0 amide bonds. The lowest BCUT2D eigenvalue weighted by Crippen LogP contribution is -2.22. The van der Waals surface area contributed by atoms with E-state index in [9.17, 15) is 4.39 Å². The summed E-state index contributed by atoms with van der Waals surface area (Å²) in [6, 6.07) is 12.7. The molecular formula is C16H19FN2. The van der Waals surface area contributed by atoms with Gasteiger partial charge in [0.2, 0.25) is 0 Å². The number of anilines is 2. The van der Waals surface area contributed by atoms with Crippen LogP contribution < -0.4 is 10.6 Å². The van der Waals surface area contributed by atoms with Gasteiger partial charge in [-0.15, -0.1) is 0 Å². The second-order valence-electron chi connectivity index (χ2n) is 4.91. The van der Waals surface area contributed by atoms with Crippen molar-refractivity contribution in [3.8, 4) is 0 Å². The third-order valence-electron chi connectivity index (χ3n) is 3.43. The van der Waals surface area contributed by atoms with E-state index < -0.39 is 0 Å². The molecule has 0 aliphatic heterocycles. The predicted octanol–water partition coefficient (Wildman–Crippen LogP) is 3.91. The number of nitrogens with two attached hydrogens (primary N) is 1. The molecule has 2 nitrogen and oxygen atoms in total. The summed E-state index contributed by atoms with van der Waals surface area (Å²) in [7, 11) is 1.95. The van der Waals surface area contributed by atoms with Gasteiger partial charge in [-0.1, -0.05) is 18.2 Å². The summed E-state index contributed by atoms with van der Waals surface area (Å²) in [6.45, 7) is 3.98. The van der Waals surface area contributed by atoms with E-state index in [4.69, 9.17) is 5.73 Å². The second kappa shape index (κ2) is 5.31. The summed E-state index contributed by atoms with van der Waals surface area (Å²) < 4.78 is 13.8. The Morgan fingerprint density at radius 2 is 1.84 bits per heavy atom. The molecule has 2 aromatic rings. The predicted molar refractivity (Wildman–Crippen MR) is 78.8 cm³/mol. The molecular weight excluding hydrogens is 239 g/mol. The van der Waals surface area contributed by atoms with Gasteiger partial charge < -0.3 is 10.6 Å². The topological polar surface area (TPSA) is 29.3 Å². The Hall–Kier alpha value is -2.03. The molecule has 0 radical (unpaired) electrons. The number of aryl methyl sites for hydroxylation is 1. The van der Waals surface area contributed by atoms with Crippen LogP contribution in [0.3, 0.4) is 0 Å². The number of benzene rings is 2. The maximum absolute atomic E-state index is 13.8. The first-order valence-corrected chi connectivity index (χ1v) is 6.33. The van der Waals surface area contributed by atoms with Gasteiger partial charge in [0.1, 0.15) is 5.82 Å². The van der Waals surface area contributed by atoms with E-state index in [1.165, 1.54) is 6.07 Å². The van der Waals surface area contributed by atoms with E-state index in [-0.39, 0.29) is 11.9 Å². The molecule has 19 heavy (non-hydrogen) atoms. The van der Waals surface area contributed by atoms with Crippen LogP contribution in [0.5, 0.6) is 0 Å². The van der Waals surface area contributed by atoms with Crippen molar-refractivity contribution in [3.63, 3.8) is 0 Å². The van der Waals surface area contributed by atoms with Crippen LogP contribution in [0.25, 0.3) is 0 Å². The van der Waals surface area contributed by atoms with Crippen LogP contribution in [0, 0.1) is 12.7 Å². The maximum atomic E-state index is 13.8. The fourth-order valence-electron chi connectivity index (χ4n) is 2.24. The van der Waals surface area contributed by atoms with Crippen LogP contribution >= 0.6 is 0 Å². The highest BCUT2D eigenvalue weighted by molar-refractivity contribution is 5.59. The lowest BCUT2D eigenvalue weighted by atomic mass is 10.1. The van der Waals surface area contributed by atoms with Crippen LogP contribution in [0.4, 0.5) is 15.8 Å². The third-order valence-corrected chi connectivity index (χ3v) is 3.43. The average molecular weight is 258 g/mol. The maximum Gasteiger partial charge on any atom is 0.128 e. The highest BCUT2D eigenvalue weighted by Crippen LogP contribution is 2.28. The molecule has 1 atom stereocenters. The standard InChI is InChI=1S/C16H19FN2/c1-11-8-13(18)10-14(9-11)19(3)12(2)15-6-4-5-7-16(15)17/h4-10,12H,18H2,1-3H3. The van der Waals surface area contributed by atoms with Crippen LogP contribution in [0.1, 0.15) is 24.1 Å². The summed E-state index contributed by atoms with van der Waals surface area (Å²) in [5, 5.41) is 0. The summed E-state index contributed by atoms with van der Waals surface area (Å²) >= 11 is 0. The van der Waals surface area contributed by atoms with E-state index >= 15 is 0 Å². The van der Waals surface area contributed by atoms with Crippen LogP contribution in [0.15, 0.2) is 42.5 Å². The van der Waals surface area contributed by atoms with Crippen molar-refractivity contribution in [2.75, 3.05) is 17.7 Å². The summed E-state index contributed by atoms with van der Waals surface area (Å²) in [6.07, 6.45) is 0. The van der Waals surface area contributed by atoms with Gasteiger partial charge >= 0.3 is 0 Å². The Morgan fingerprint density at radius 3 is 2.47 bits per heavy atom. The van der Waals surface area contributed by atoms with Crippen molar-refractivity contribution in [1.82, 2.24) is 0 Å². The average Bonchev–Trinajstić information content (AvgIpc) is 2.36. The molecule has 100 valence electrons. The van der Waals surface area contributed by atoms with Gasteiger partial charge in [-0.3, -0.25) is 0 Å². The van der Waals surface area contributed by atoms with E-state index in [0.29, 0.717) is 5.56 Å². The van der Waals surface area contributed by atoms with Crippen molar-refractivity contribution in [2.45, 2.75) is 19.9 Å². The molecule has 2 aromatic carbocycles. The number of hydrogen-bond acceptors (Lipinski definition) is 2. The van der Waals surface area contributed by atoms with Crippen molar-refractivity contribution in [2.24, 2.45) is 0 Å². The van der Waals surface area contributed by atoms with E-state index in [2.05, 4.69) is 0 Å². The van der Waals surface area contributed by atoms with Crippen molar-refractivity contribution < 1.29 is 4.39 Å². The smallest absolute Gasteiger partial charge is 0.128 e. The van der Waals surface area contributed by atoms with Crippen molar-refractivity contribution in [3.05, 3.63) is 59.4 Å². The Bertz CT molecular complexity index is 560. The minimum atomic E-state index is -0.178. The molecule has 0 aromatic heterocycles. The van der Waals surface area contributed by atoms with E-state index in [0.717, 1.165) is 16.9 Å². The minimum absolute atomic E-state index is 0.0533. The highest BCUT2D eigenvalue weighted by atomic mass is 19.1. The Balaban J connectivity index is 2.33. The number of nitrogens with zero attached hydrogens (tertiary/aromatic N) is 1. The van der Waals surface area contributed by atoms with Gasteiger partial charge in [-0.05, 0) is 43.7 Å². The fourth-order valence-corrected chi connectivity index (χ4v) is 2.24. The third kappa shape index (κ3) is 2.87. The number of hydrogen-bond donors (Lipinski definition) is 1. The minimum Gasteiger partial charge on any atom is -0.399 e. The molecule has 0 fully saturated rings. The number of nitrogen functional groups attached to an aromatic ring is 1. The van der Waals surface area contributed by atoms with E-state index in [1.807, 2.05) is 56.1 Å². The monoisotopic (exact) mass is 258 g/mol. The van der Waals surface area contributed by atoms with E-state index in [1.54, 1.807) is 6.07 Å². The molecule has 1 unspecified atom stereocenters. The zero-order valence-corrected chi connectivity index (χ0v) is 11.5. The second-order valence-corrected chi connectivity index (χ2v) is 4.91. The van der Waals surface area contributed by atoms with Crippen LogP contribution in [-0.2, 0) is 0 Å². The number of halogens is 1. The van der Waals surface area contributed by atoms with Gasteiger partial charge in [0.05, 0.1) is 6.04 Å². The lowest BCUT2D eigenvalue weighted by molar-refractivity contribution is 0.585.